The third-order valence-electron chi connectivity index (χ3n) is 2.65. The van der Waals surface area contributed by atoms with Crippen molar-refractivity contribution in [2.24, 2.45) is 5.73 Å². The minimum atomic E-state index is -0.288. The molecule has 4 nitrogen and oxygen atoms in total. The van der Waals surface area contributed by atoms with Gasteiger partial charge in [0.2, 0.25) is 5.91 Å². The monoisotopic (exact) mass is 269 g/mol. The maximum absolute atomic E-state index is 11.1. The predicted molar refractivity (Wildman–Crippen MR) is 63.5 cm³/mol. The zero-order valence-electron chi connectivity index (χ0n) is 8.11. The fourth-order valence-corrected chi connectivity index (χ4v) is 2.14. The number of nitrogens with two attached hydrogens (primary N) is 2. The van der Waals surface area contributed by atoms with Crippen LogP contribution in [0.25, 0.3) is 0 Å². The Hall–Kier alpha value is -1.23. The molecule has 0 saturated carbocycles. The van der Waals surface area contributed by atoms with E-state index >= 15 is 0 Å². The van der Waals surface area contributed by atoms with Gasteiger partial charge in [0.05, 0.1) is 11.4 Å². The summed E-state index contributed by atoms with van der Waals surface area (Å²) >= 11 is 3.34. The van der Waals surface area contributed by atoms with E-state index in [0.29, 0.717) is 5.69 Å². The predicted octanol–water partition coefficient (Wildman–Crippen LogP) is 1.10. The molecule has 0 bridgehead atoms. The molecular weight excluding hydrogens is 258 g/mol. The zero-order valence-corrected chi connectivity index (χ0v) is 9.70. The lowest BCUT2D eigenvalue weighted by Gasteiger charge is -2.41. The average molecular weight is 270 g/mol. The fourth-order valence-electron chi connectivity index (χ4n) is 1.76. The Morgan fingerprint density at radius 2 is 2.27 bits per heavy atom. The van der Waals surface area contributed by atoms with Gasteiger partial charge in [-0.25, -0.2) is 0 Å². The number of rotatable bonds is 2. The van der Waals surface area contributed by atoms with Gasteiger partial charge >= 0.3 is 0 Å². The second-order valence-electron chi connectivity index (χ2n) is 3.60. The van der Waals surface area contributed by atoms with E-state index in [-0.39, 0.29) is 11.9 Å². The highest BCUT2D eigenvalue weighted by molar-refractivity contribution is 9.10. The molecular formula is C10H12BrN3O. The van der Waals surface area contributed by atoms with Gasteiger partial charge in [0.1, 0.15) is 6.04 Å². The van der Waals surface area contributed by atoms with Crippen LogP contribution in [0.5, 0.6) is 0 Å². The van der Waals surface area contributed by atoms with Gasteiger partial charge in [-0.1, -0.05) is 15.9 Å². The smallest absolute Gasteiger partial charge is 0.240 e. The number of carbonyl (C=O) groups excluding carboxylic acids is 1. The van der Waals surface area contributed by atoms with Crippen LogP contribution >= 0.6 is 15.9 Å². The summed E-state index contributed by atoms with van der Waals surface area (Å²) in [7, 11) is 0. The number of carbonyl (C=O) groups is 1. The van der Waals surface area contributed by atoms with Crippen molar-refractivity contribution in [3.05, 3.63) is 22.7 Å². The van der Waals surface area contributed by atoms with Crippen LogP contribution in [0.1, 0.15) is 6.42 Å². The molecule has 1 heterocycles. The van der Waals surface area contributed by atoms with Gasteiger partial charge in [0.25, 0.3) is 0 Å². The second kappa shape index (κ2) is 3.73. The van der Waals surface area contributed by atoms with E-state index in [2.05, 4.69) is 15.9 Å². The number of halogens is 1. The summed E-state index contributed by atoms with van der Waals surface area (Å²) in [5.41, 5.74) is 12.7. The SMILES string of the molecule is NC(=O)C1CCN1c1ccc(Br)cc1N. The van der Waals surface area contributed by atoms with E-state index in [0.717, 1.165) is 23.1 Å². The molecule has 0 aliphatic carbocycles. The number of anilines is 2. The van der Waals surface area contributed by atoms with Crippen LogP contribution in [0.3, 0.4) is 0 Å². The maximum atomic E-state index is 11.1. The average Bonchev–Trinajstić information content (AvgIpc) is 2.06. The molecule has 0 radical (unpaired) electrons. The summed E-state index contributed by atoms with van der Waals surface area (Å²) in [6.45, 7) is 0.833. The molecule has 0 spiro atoms. The van der Waals surface area contributed by atoms with E-state index in [1.54, 1.807) is 0 Å². The molecule has 80 valence electrons. The lowest BCUT2D eigenvalue weighted by Crippen LogP contribution is -2.55. The Bertz CT molecular complexity index is 408. The summed E-state index contributed by atoms with van der Waals surface area (Å²) in [6, 6.07) is 5.43. The number of nitrogens with zero attached hydrogens (tertiary/aromatic N) is 1. The third kappa shape index (κ3) is 1.79. The van der Waals surface area contributed by atoms with Gasteiger partial charge < -0.3 is 16.4 Å². The summed E-state index contributed by atoms with van der Waals surface area (Å²) in [5.74, 6) is -0.288. The normalized spacial score (nSPS) is 19.8. The van der Waals surface area contributed by atoms with Gasteiger partial charge in [0, 0.05) is 11.0 Å². The highest BCUT2D eigenvalue weighted by atomic mass is 79.9. The molecule has 4 N–H and O–H groups in total. The van der Waals surface area contributed by atoms with E-state index in [4.69, 9.17) is 11.5 Å². The quantitative estimate of drug-likeness (QED) is 0.790. The first-order valence-corrected chi connectivity index (χ1v) is 5.50. The Labute approximate surface area is 96.4 Å². The number of nitrogen functional groups attached to an aromatic ring is 1. The molecule has 1 amide bonds. The van der Waals surface area contributed by atoms with Crippen molar-refractivity contribution in [3.8, 4) is 0 Å². The van der Waals surface area contributed by atoms with Crippen LogP contribution in [-0.2, 0) is 4.79 Å². The largest absolute Gasteiger partial charge is 0.397 e. The summed E-state index contributed by atoms with van der Waals surface area (Å²) in [4.78, 5) is 13.0. The van der Waals surface area contributed by atoms with Crippen LogP contribution in [-0.4, -0.2) is 18.5 Å². The van der Waals surface area contributed by atoms with Crippen molar-refractivity contribution in [2.75, 3.05) is 17.2 Å². The van der Waals surface area contributed by atoms with Crippen molar-refractivity contribution < 1.29 is 4.79 Å². The molecule has 1 aromatic rings. The van der Waals surface area contributed by atoms with Gasteiger partial charge in [-0.3, -0.25) is 4.79 Å². The number of amides is 1. The fraction of sp³-hybridized carbons (Fsp3) is 0.300. The molecule has 1 saturated heterocycles. The maximum Gasteiger partial charge on any atom is 0.240 e. The van der Waals surface area contributed by atoms with Crippen LogP contribution in [0.4, 0.5) is 11.4 Å². The second-order valence-corrected chi connectivity index (χ2v) is 4.52. The van der Waals surface area contributed by atoms with Crippen LogP contribution in [0.15, 0.2) is 22.7 Å². The Morgan fingerprint density at radius 3 is 2.73 bits per heavy atom. The number of hydrogen-bond acceptors (Lipinski definition) is 3. The Morgan fingerprint density at radius 1 is 1.53 bits per heavy atom. The lowest BCUT2D eigenvalue weighted by molar-refractivity contribution is -0.120. The lowest BCUT2D eigenvalue weighted by atomic mass is 10.0. The molecule has 1 aromatic carbocycles. The van der Waals surface area contributed by atoms with Crippen molar-refractivity contribution >= 4 is 33.2 Å². The molecule has 2 rings (SSSR count). The van der Waals surface area contributed by atoms with Gasteiger partial charge in [-0.15, -0.1) is 0 Å². The molecule has 1 aliphatic heterocycles. The van der Waals surface area contributed by atoms with Gasteiger partial charge in [0.15, 0.2) is 0 Å². The highest BCUT2D eigenvalue weighted by Crippen LogP contribution is 2.32. The molecule has 0 aromatic heterocycles. The summed E-state index contributed by atoms with van der Waals surface area (Å²) in [5, 5.41) is 0. The first-order chi connectivity index (χ1) is 7.09. The minimum absolute atomic E-state index is 0.200. The zero-order chi connectivity index (χ0) is 11.0. The number of primary amides is 1. The molecule has 1 aliphatic rings. The van der Waals surface area contributed by atoms with Gasteiger partial charge in [-0.2, -0.15) is 0 Å². The summed E-state index contributed by atoms with van der Waals surface area (Å²) < 4.78 is 0.930. The van der Waals surface area contributed by atoms with E-state index in [1.807, 2.05) is 23.1 Å². The van der Waals surface area contributed by atoms with E-state index < -0.39 is 0 Å². The van der Waals surface area contributed by atoms with Crippen molar-refractivity contribution in [1.82, 2.24) is 0 Å². The Balaban J connectivity index is 2.27. The van der Waals surface area contributed by atoms with Crippen molar-refractivity contribution in [2.45, 2.75) is 12.5 Å². The number of benzene rings is 1. The molecule has 5 heteroatoms. The highest BCUT2D eigenvalue weighted by Gasteiger charge is 2.33. The first kappa shape index (κ1) is 10.3. The standard InChI is InChI=1S/C10H12BrN3O/c11-6-1-2-8(7(12)5-6)14-4-3-9(14)10(13)15/h1-2,5,9H,3-4,12H2,(H2,13,15). The first-order valence-electron chi connectivity index (χ1n) is 4.70. The van der Waals surface area contributed by atoms with E-state index in [1.165, 1.54) is 0 Å². The molecule has 15 heavy (non-hydrogen) atoms. The van der Waals surface area contributed by atoms with Crippen molar-refractivity contribution in [3.63, 3.8) is 0 Å². The van der Waals surface area contributed by atoms with Crippen LogP contribution in [0.2, 0.25) is 0 Å². The van der Waals surface area contributed by atoms with Crippen molar-refractivity contribution in [1.29, 1.82) is 0 Å². The van der Waals surface area contributed by atoms with E-state index in [9.17, 15) is 4.79 Å². The number of hydrogen-bond donors (Lipinski definition) is 2. The van der Waals surface area contributed by atoms with Crippen LogP contribution in [0, 0.1) is 0 Å². The molecule has 1 fully saturated rings. The minimum Gasteiger partial charge on any atom is -0.397 e. The molecule has 1 unspecified atom stereocenters. The topological polar surface area (TPSA) is 72.4 Å². The molecule has 1 atom stereocenters. The Kier molecular flexibility index (Phi) is 2.56. The van der Waals surface area contributed by atoms with Gasteiger partial charge in [-0.05, 0) is 24.6 Å². The third-order valence-corrected chi connectivity index (χ3v) is 3.14. The van der Waals surface area contributed by atoms with Crippen LogP contribution < -0.4 is 16.4 Å². The summed E-state index contributed by atoms with van der Waals surface area (Å²) in [6.07, 6.45) is 0.810.